The highest BCUT2D eigenvalue weighted by atomic mass is 79.9. The smallest absolute Gasteiger partial charge is 0.337 e. The van der Waals surface area contributed by atoms with Crippen molar-refractivity contribution < 1.29 is 14.6 Å². The number of rotatable bonds is 6. The van der Waals surface area contributed by atoms with Crippen molar-refractivity contribution in [2.24, 2.45) is 5.92 Å². The molecule has 130 valence electrons. The molecule has 6 nitrogen and oxygen atoms in total. The van der Waals surface area contributed by atoms with Gasteiger partial charge in [0.15, 0.2) is 5.65 Å². The predicted molar refractivity (Wildman–Crippen MR) is 98.1 cm³/mol. The predicted octanol–water partition coefficient (Wildman–Crippen LogP) is 3.98. The van der Waals surface area contributed by atoms with E-state index in [0.29, 0.717) is 30.1 Å². The molecule has 0 aliphatic carbocycles. The molecule has 0 saturated carbocycles. The van der Waals surface area contributed by atoms with Crippen LogP contribution in [0.2, 0.25) is 0 Å². The van der Waals surface area contributed by atoms with Gasteiger partial charge in [0.2, 0.25) is 0 Å². The molecule has 3 rings (SSSR count). The standard InChI is InChI=1S/C18H18BrN3O3/c1-11(2)10-25-16-4-3-15(19)6-14(16)9-22-17-12(8-21-22)5-13(7-20-17)18(23)24/h3-8,11H,9-10H2,1-2H3,(H,23,24). The number of nitrogens with zero attached hydrogens (tertiary/aromatic N) is 3. The maximum Gasteiger partial charge on any atom is 0.337 e. The Bertz CT molecular complexity index is 921. The van der Waals surface area contributed by atoms with Crippen LogP contribution in [0.25, 0.3) is 11.0 Å². The van der Waals surface area contributed by atoms with Gasteiger partial charge in [-0.2, -0.15) is 5.10 Å². The first-order valence-electron chi connectivity index (χ1n) is 7.90. The highest BCUT2D eigenvalue weighted by Gasteiger charge is 2.12. The molecule has 0 spiro atoms. The molecule has 1 N–H and O–H groups in total. The summed E-state index contributed by atoms with van der Waals surface area (Å²) in [6, 6.07) is 7.45. The summed E-state index contributed by atoms with van der Waals surface area (Å²) in [4.78, 5) is 15.3. The van der Waals surface area contributed by atoms with Crippen LogP contribution in [-0.4, -0.2) is 32.4 Å². The number of hydrogen-bond donors (Lipinski definition) is 1. The number of fused-ring (bicyclic) bond motifs is 1. The maximum absolute atomic E-state index is 11.1. The van der Waals surface area contributed by atoms with E-state index in [0.717, 1.165) is 15.8 Å². The normalized spacial score (nSPS) is 11.2. The Morgan fingerprint density at radius 1 is 1.32 bits per heavy atom. The topological polar surface area (TPSA) is 77.2 Å². The molecule has 0 saturated heterocycles. The van der Waals surface area contributed by atoms with Gasteiger partial charge in [-0.15, -0.1) is 0 Å². The van der Waals surface area contributed by atoms with Crippen LogP contribution in [0.1, 0.15) is 29.8 Å². The van der Waals surface area contributed by atoms with Gasteiger partial charge in [-0.1, -0.05) is 29.8 Å². The molecule has 0 aliphatic rings. The van der Waals surface area contributed by atoms with E-state index in [4.69, 9.17) is 9.84 Å². The molecule has 0 amide bonds. The van der Waals surface area contributed by atoms with Crippen molar-refractivity contribution >= 4 is 32.9 Å². The lowest BCUT2D eigenvalue weighted by molar-refractivity contribution is 0.0696. The van der Waals surface area contributed by atoms with Gasteiger partial charge in [0.25, 0.3) is 0 Å². The number of carbonyl (C=O) groups is 1. The second-order valence-corrected chi connectivity index (χ2v) is 7.12. The van der Waals surface area contributed by atoms with Crippen molar-refractivity contribution in [2.45, 2.75) is 20.4 Å². The highest BCUT2D eigenvalue weighted by Crippen LogP contribution is 2.25. The fraction of sp³-hybridized carbons (Fsp3) is 0.278. The SMILES string of the molecule is CC(C)COc1ccc(Br)cc1Cn1ncc2cc(C(=O)O)cnc21. The van der Waals surface area contributed by atoms with Crippen molar-refractivity contribution in [2.75, 3.05) is 6.61 Å². The van der Waals surface area contributed by atoms with E-state index in [1.807, 2.05) is 18.2 Å². The number of aromatic carboxylic acids is 1. The summed E-state index contributed by atoms with van der Waals surface area (Å²) in [7, 11) is 0. The van der Waals surface area contributed by atoms with Crippen molar-refractivity contribution in [1.29, 1.82) is 0 Å². The number of hydrogen-bond acceptors (Lipinski definition) is 4. The van der Waals surface area contributed by atoms with E-state index in [2.05, 4.69) is 39.9 Å². The van der Waals surface area contributed by atoms with Crippen LogP contribution in [0.15, 0.2) is 41.1 Å². The quantitative estimate of drug-likeness (QED) is 0.673. The zero-order valence-electron chi connectivity index (χ0n) is 13.9. The highest BCUT2D eigenvalue weighted by molar-refractivity contribution is 9.10. The zero-order valence-corrected chi connectivity index (χ0v) is 15.5. The Morgan fingerprint density at radius 2 is 2.12 bits per heavy atom. The minimum absolute atomic E-state index is 0.149. The molecule has 3 aromatic rings. The number of ether oxygens (including phenoxy) is 1. The van der Waals surface area contributed by atoms with Gasteiger partial charge in [0, 0.05) is 21.6 Å². The lowest BCUT2D eigenvalue weighted by atomic mass is 10.2. The second kappa shape index (κ2) is 7.23. The summed E-state index contributed by atoms with van der Waals surface area (Å²) < 4.78 is 8.60. The van der Waals surface area contributed by atoms with E-state index in [1.54, 1.807) is 16.9 Å². The Morgan fingerprint density at radius 3 is 2.84 bits per heavy atom. The van der Waals surface area contributed by atoms with E-state index in [1.165, 1.54) is 6.20 Å². The summed E-state index contributed by atoms with van der Waals surface area (Å²) in [6.45, 7) is 5.32. The van der Waals surface area contributed by atoms with E-state index in [-0.39, 0.29) is 5.56 Å². The third-order valence-corrected chi connectivity index (χ3v) is 4.13. The molecule has 0 radical (unpaired) electrons. The molecule has 2 aromatic heterocycles. The van der Waals surface area contributed by atoms with Crippen LogP contribution in [0.4, 0.5) is 0 Å². The van der Waals surface area contributed by atoms with Crippen LogP contribution < -0.4 is 4.74 Å². The van der Waals surface area contributed by atoms with Gasteiger partial charge < -0.3 is 9.84 Å². The van der Waals surface area contributed by atoms with Gasteiger partial charge in [0.05, 0.1) is 24.9 Å². The van der Waals surface area contributed by atoms with Gasteiger partial charge in [-0.05, 0) is 30.2 Å². The molecule has 2 heterocycles. The summed E-state index contributed by atoms with van der Waals surface area (Å²) in [5, 5.41) is 14.1. The van der Waals surface area contributed by atoms with Crippen LogP contribution in [0, 0.1) is 5.92 Å². The van der Waals surface area contributed by atoms with E-state index in [9.17, 15) is 4.79 Å². The number of halogens is 1. The second-order valence-electron chi connectivity index (χ2n) is 6.20. The first kappa shape index (κ1) is 17.4. The maximum atomic E-state index is 11.1. The Balaban J connectivity index is 1.93. The molecular weight excluding hydrogens is 386 g/mol. The van der Waals surface area contributed by atoms with E-state index >= 15 is 0 Å². The number of carboxylic acid groups (broad SMARTS) is 1. The van der Waals surface area contributed by atoms with Crippen LogP contribution >= 0.6 is 15.9 Å². The number of pyridine rings is 1. The minimum Gasteiger partial charge on any atom is -0.493 e. The Kier molecular flexibility index (Phi) is 5.03. The number of benzene rings is 1. The lowest BCUT2D eigenvalue weighted by Crippen LogP contribution is -2.09. The fourth-order valence-corrected chi connectivity index (χ4v) is 2.84. The third kappa shape index (κ3) is 3.99. The molecular formula is C18H18BrN3O3. The fourth-order valence-electron chi connectivity index (χ4n) is 2.43. The van der Waals surface area contributed by atoms with Crippen molar-refractivity contribution in [3.63, 3.8) is 0 Å². The summed E-state index contributed by atoms with van der Waals surface area (Å²) in [6.07, 6.45) is 2.97. The summed E-state index contributed by atoms with van der Waals surface area (Å²) >= 11 is 3.49. The minimum atomic E-state index is -1.00. The largest absolute Gasteiger partial charge is 0.493 e. The zero-order chi connectivity index (χ0) is 18.0. The summed E-state index contributed by atoms with van der Waals surface area (Å²) in [5.41, 5.74) is 1.76. The molecule has 0 aliphatic heterocycles. The van der Waals surface area contributed by atoms with Crippen LogP contribution in [0.3, 0.4) is 0 Å². The molecule has 0 unspecified atom stereocenters. The number of aromatic nitrogens is 3. The molecule has 7 heteroatoms. The monoisotopic (exact) mass is 403 g/mol. The molecule has 0 fully saturated rings. The first-order valence-corrected chi connectivity index (χ1v) is 8.69. The van der Waals surface area contributed by atoms with Gasteiger partial charge >= 0.3 is 5.97 Å². The first-order chi connectivity index (χ1) is 11.9. The van der Waals surface area contributed by atoms with Crippen molar-refractivity contribution in [3.8, 4) is 5.75 Å². The average Bonchev–Trinajstić information content (AvgIpc) is 2.96. The molecule has 0 bridgehead atoms. The lowest BCUT2D eigenvalue weighted by Gasteiger charge is -2.14. The molecule has 1 aromatic carbocycles. The van der Waals surface area contributed by atoms with Crippen LogP contribution in [-0.2, 0) is 6.54 Å². The summed E-state index contributed by atoms with van der Waals surface area (Å²) in [5.74, 6) is 0.236. The number of carboxylic acids is 1. The van der Waals surface area contributed by atoms with Crippen molar-refractivity contribution in [3.05, 3.63) is 52.3 Å². The Hall–Kier alpha value is -2.41. The molecule has 0 atom stereocenters. The van der Waals surface area contributed by atoms with Crippen molar-refractivity contribution in [1.82, 2.24) is 14.8 Å². The van der Waals surface area contributed by atoms with Crippen LogP contribution in [0.5, 0.6) is 5.75 Å². The van der Waals surface area contributed by atoms with Gasteiger partial charge in [0.1, 0.15) is 5.75 Å². The van der Waals surface area contributed by atoms with Gasteiger partial charge in [-0.25, -0.2) is 14.5 Å². The Labute approximate surface area is 153 Å². The molecule has 25 heavy (non-hydrogen) atoms. The van der Waals surface area contributed by atoms with Gasteiger partial charge in [-0.3, -0.25) is 0 Å². The average molecular weight is 404 g/mol. The van der Waals surface area contributed by atoms with E-state index < -0.39 is 5.97 Å². The third-order valence-electron chi connectivity index (χ3n) is 3.64.